The largest absolute Gasteiger partial charge is 0.393 e. The third-order valence-electron chi connectivity index (χ3n) is 5.78. The van der Waals surface area contributed by atoms with Gasteiger partial charge in [-0.3, -0.25) is 0 Å². The Labute approximate surface area is 110 Å². The lowest BCUT2D eigenvalue weighted by Gasteiger charge is -2.57. The Bertz CT molecular complexity index is 318. The molecule has 2 saturated carbocycles. The molecule has 2 aliphatic carbocycles. The normalized spacial score (nSPS) is 49.8. The number of rotatable bonds is 1. The van der Waals surface area contributed by atoms with E-state index in [0.29, 0.717) is 12.8 Å². The zero-order chi connectivity index (χ0) is 13.8. The molecule has 0 bridgehead atoms. The van der Waals surface area contributed by atoms with Crippen molar-refractivity contribution in [1.29, 1.82) is 0 Å². The van der Waals surface area contributed by atoms with E-state index in [-0.39, 0.29) is 23.4 Å². The number of fused-ring (bicyclic) bond motifs is 1. The summed E-state index contributed by atoms with van der Waals surface area (Å²) in [6.07, 6.45) is 3.67. The van der Waals surface area contributed by atoms with Gasteiger partial charge in [0, 0.05) is 0 Å². The monoisotopic (exact) mass is 256 g/mol. The smallest absolute Gasteiger partial charge is 0.0655 e. The van der Waals surface area contributed by atoms with Gasteiger partial charge in [0.1, 0.15) is 0 Å². The highest BCUT2D eigenvalue weighted by Crippen LogP contribution is 2.56. The van der Waals surface area contributed by atoms with Crippen molar-refractivity contribution in [3.05, 3.63) is 0 Å². The minimum atomic E-state index is -0.710. The van der Waals surface area contributed by atoms with Crippen LogP contribution in [0.15, 0.2) is 0 Å². The summed E-state index contributed by atoms with van der Waals surface area (Å²) in [4.78, 5) is 0. The van der Waals surface area contributed by atoms with Crippen LogP contribution in [0.5, 0.6) is 0 Å². The van der Waals surface area contributed by atoms with Crippen molar-refractivity contribution in [3.63, 3.8) is 0 Å². The minimum Gasteiger partial charge on any atom is -0.393 e. The molecule has 2 fully saturated rings. The van der Waals surface area contributed by atoms with Crippen molar-refractivity contribution in [2.24, 2.45) is 17.3 Å². The molecule has 5 atom stereocenters. The average molecular weight is 256 g/mol. The predicted molar refractivity (Wildman–Crippen MR) is 71.1 cm³/mol. The Morgan fingerprint density at radius 1 is 1.11 bits per heavy atom. The van der Waals surface area contributed by atoms with E-state index in [2.05, 4.69) is 6.92 Å². The van der Waals surface area contributed by atoms with Crippen LogP contribution in [-0.2, 0) is 0 Å². The summed E-state index contributed by atoms with van der Waals surface area (Å²) in [5.74, 6) is 0.297. The third-order valence-corrected chi connectivity index (χ3v) is 5.78. The van der Waals surface area contributed by atoms with Gasteiger partial charge in [0.25, 0.3) is 0 Å². The lowest BCUT2D eigenvalue weighted by Crippen LogP contribution is -2.58. The van der Waals surface area contributed by atoms with E-state index in [0.717, 1.165) is 19.3 Å². The topological polar surface area (TPSA) is 60.7 Å². The van der Waals surface area contributed by atoms with Crippen LogP contribution in [0.4, 0.5) is 0 Å². The maximum absolute atomic E-state index is 10.6. The van der Waals surface area contributed by atoms with E-state index < -0.39 is 11.2 Å². The van der Waals surface area contributed by atoms with Crippen molar-refractivity contribution >= 4 is 0 Å². The fourth-order valence-electron chi connectivity index (χ4n) is 4.27. The minimum absolute atomic E-state index is 0.0823. The van der Waals surface area contributed by atoms with Gasteiger partial charge in [-0.05, 0) is 70.1 Å². The molecule has 18 heavy (non-hydrogen) atoms. The average Bonchev–Trinajstić information content (AvgIpc) is 2.23. The van der Waals surface area contributed by atoms with Gasteiger partial charge in [-0.1, -0.05) is 6.92 Å². The molecule has 0 spiro atoms. The SMILES string of the molecule is CC(C)(O)[C@@H]1CC[C@@]2(C)[C@H](O)CC[C@](C)(O)[C@@H]2C1. The van der Waals surface area contributed by atoms with E-state index in [1.54, 1.807) is 0 Å². The van der Waals surface area contributed by atoms with Gasteiger partial charge in [0.2, 0.25) is 0 Å². The molecule has 0 saturated heterocycles. The van der Waals surface area contributed by atoms with Crippen LogP contribution in [0.25, 0.3) is 0 Å². The highest BCUT2D eigenvalue weighted by molar-refractivity contribution is 5.06. The maximum atomic E-state index is 10.6. The lowest BCUT2D eigenvalue weighted by atomic mass is 9.51. The van der Waals surface area contributed by atoms with Crippen molar-refractivity contribution in [2.75, 3.05) is 0 Å². The summed E-state index contributed by atoms with van der Waals surface area (Å²) < 4.78 is 0. The van der Waals surface area contributed by atoms with Crippen molar-refractivity contribution in [1.82, 2.24) is 0 Å². The summed E-state index contributed by atoms with van der Waals surface area (Å²) in [6.45, 7) is 7.72. The predicted octanol–water partition coefficient (Wildman–Crippen LogP) is 2.09. The van der Waals surface area contributed by atoms with Crippen LogP contribution in [0.3, 0.4) is 0 Å². The van der Waals surface area contributed by atoms with Gasteiger partial charge >= 0.3 is 0 Å². The molecule has 3 nitrogen and oxygen atoms in total. The summed E-state index contributed by atoms with van der Waals surface area (Å²) >= 11 is 0. The molecule has 0 aromatic heterocycles. The summed E-state index contributed by atoms with van der Waals surface area (Å²) in [7, 11) is 0. The van der Waals surface area contributed by atoms with Crippen LogP contribution in [0.1, 0.15) is 59.8 Å². The molecule has 3 N–H and O–H groups in total. The molecule has 0 amide bonds. The first-order valence-corrected chi connectivity index (χ1v) is 7.20. The molecule has 2 rings (SSSR count). The van der Waals surface area contributed by atoms with E-state index in [1.807, 2.05) is 20.8 Å². The molecule has 0 heterocycles. The first-order chi connectivity index (χ1) is 8.07. The second-order valence-corrected chi connectivity index (χ2v) is 7.60. The highest BCUT2D eigenvalue weighted by atomic mass is 16.3. The zero-order valence-electron chi connectivity index (χ0n) is 12.1. The Kier molecular flexibility index (Phi) is 3.33. The number of aliphatic hydroxyl groups excluding tert-OH is 1. The Hall–Kier alpha value is -0.120. The number of hydrogen-bond acceptors (Lipinski definition) is 3. The third kappa shape index (κ3) is 2.21. The Balaban J connectivity index is 2.26. The Morgan fingerprint density at radius 2 is 1.72 bits per heavy atom. The van der Waals surface area contributed by atoms with E-state index in [1.165, 1.54) is 0 Å². The molecular weight excluding hydrogens is 228 g/mol. The second-order valence-electron chi connectivity index (χ2n) is 7.60. The number of hydrogen-bond donors (Lipinski definition) is 3. The molecule has 0 unspecified atom stereocenters. The van der Waals surface area contributed by atoms with Crippen LogP contribution >= 0.6 is 0 Å². The lowest BCUT2D eigenvalue weighted by molar-refractivity contribution is -0.186. The van der Waals surface area contributed by atoms with Crippen LogP contribution < -0.4 is 0 Å². The van der Waals surface area contributed by atoms with Gasteiger partial charge in [-0.15, -0.1) is 0 Å². The van der Waals surface area contributed by atoms with Crippen LogP contribution in [-0.4, -0.2) is 32.6 Å². The van der Waals surface area contributed by atoms with Crippen molar-refractivity contribution in [2.45, 2.75) is 77.1 Å². The molecule has 2 aliphatic rings. The van der Waals surface area contributed by atoms with Gasteiger partial charge < -0.3 is 15.3 Å². The number of aliphatic hydroxyl groups is 3. The zero-order valence-corrected chi connectivity index (χ0v) is 12.1. The van der Waals surface area contributed by atoms with Crippen molar-refractivity contribution < 1.29 is 15.3 Å². The highest BCUT2D eigenvalue weighted by Gasteiger charge is 2.56. The fraction of sp³-hybridized carbons (Fsp3) is 1.00. The van der Waals surface area contributed by atoms with Crippen LogP contribution in [0, 0.1) is 17.3 Å². The quantitative estimate of drug-likeness (QED) is 0.673. The maximum Gasteiger partial charge on any atom is 0.0655 e. The fourth-order valence-corrected chi connectivity index (χ4v) is 4.27. The summed E-state index contributed by atoms with van der Waals surface area (Å²) in [5.41, 5.74) is -1.60. The van der Waals surface area contributed by atoms with E-state index in [4.69, 9.17) is 0 Å². The van der Waals surface area contributed by atoms with Crippen LogP contribution in [0.2, 0.25) is 0 Å². The first-order valence-electron chi connectivity index (χ1n) is 7.20. The van der Waals surface area contributed by atoms with Gasteiger partial charge in [-0.25, -0.2) is 0 Å². The van der Waals surface area contributed by atoms with Gasteiger partial charge in [0.05, 0.1) is 17.3 Å². The molecule has 0 aromatic rings. The Morgan fingerprint density at radius 3 is 2.28 bits per heavy atom. The standard InChI is InChI=1S/C15H28O3/c1-13(2,17)10-5-7-14(3)11(9-10)15(4,18)8-6-12(14)16/h10-12,16-18H,5-9H2,1-4H3/t10-,11-,12-,14-,15+/m1/s1. The second kappa shape index (κ2) is 4.19. The van der Waals surface area contributed by atoms with E-state index in [9.17, 15) is 15.3 Å². The molecule has 0 aliphatic heterocycles. The van der Waals surface area contributed by atoms with E-state index >= 15 is 0 Å². The molecule has 106 valence electrons. The van der Waals surface area contributed by atoms with Gasteiger partial charge in [0.15, 0.2) is 0 Å². The van der Waals surface area contributed by atoms with Gasteiger partial charge in [-0.2, -0.15) is 0 Å². The molecule has 0 radical (unpaired) electrons. The molecule has 0 aromatic carbocycles. The molecule has 3 heteroatoms. The van der Waals surface area contributed by atoms with Crippen molar-refractivity contribution in [3.8, 4) is 0 Å². The summed E-state index contributed by atoms with van der Waals surface area (Å²) in [6, 6.07) is 0. The first kappa shape index (κ1) is 14.3. The summed E-state index contributed by atoms with van der Waals surface area (Å²) in [5, 5.41) is 31.2. The molecular formula is C15H28O3.